The topological polar surface area (TPSA) is 66.5 Å². The molecule has 0 bridgehead atoms. The summed E-state index contributed by atoms with van der Waals surface area (Å²) in [6.45, 7) is 3.35. The number of nitrogens with one attached hydrogen (secondary N) is 1. The minimum atomic E-state index is -3.91. The zero-order chi connectivity index (χ0) is 18.9. The second kappa shape index (κ2) is 7.29. The molecule has 5 nitrogen and oxygen atoms in total. The number of aryl methyl sites for hydroxylation is 1. The third kappa shape index (κ3) is 4.02. The number of hydrogen-bond acceptors (Lipinski definition) is 3. The van der Waals surface area contributed by atoms with E-state index in [1.165, 1.54) is 0 Å². The van der Waals surface area contributed by atoms with Gasteiger partial charge < -0.3 is 5.32 Å². The van der Waals surface area contributed by atoms with Crippen LogP contribution in [0.25, 0.3) is 0 Å². The summed E-state index contributed by atoms with van der Waals surface area (Å²) in [7, 11) is -3.91. The van der Waals surface area contributed by atoms with Crippen LogP contribution < -0.4 is 9.62 Å². The molecule has 0 unspecified atom stereocenters. The van der Waals surface area contributed by atoms with Gasteiger partial charge in [-0.05, 0) is 56.5 Å². The van der Waals surface area contributed by atoms with E-state index >= 15 is 0 Å². The predicted molar refractivity (Wildman–Crippen MR) is 103 cm³/mol. The fraction of sp³-hybridized carbons (Fsp3) is 0.316. The van der Waals surface area contributed by atoms with Gasteiger partial charge in [0.05, 0.1) is 10.6 Å². The number of anilines is 1. The van der Waals surface area contributed by atoms with Crippen molar-refractivity contribution in [2.75, 3.05) is 10.8 Å². The molecule has 0 aromatic heterocycles. The second-order valence-electron chi connectivity index (χ2n) is 6.55. The van der Waals surface area contributed by atoms with Crippen molar-refractivity contribution in [1.29, 1.82) is 0 Å². The normalized spacial score (nSPS) is 14.1. The predicted octanol–water partition coefficient (Wildman–Crippen LogP) is 3.43. The molecule has 1 fully saturated rings. The highest BCUT2D eigenvalue weighted by Gasteiger charge is 2.30. The molecule has 0 radical (unpaired) electrons. The van der Waals surface area contributed by atoms with Crippen LogP contribution in [0.2, 0.25) is 5.02 Å². The molecular formula is C19H21ClN2O3S. The van der Waals surface area contributed by atoms with Crippen molar-refractivity contribution in [3.8, 4) is 0 Å². The maximum atomic E-state index is 13.2. The number of sulfonamides is 1. The van der Waals surface area contributed by atoms with Crippen LogP contribution in [0.3, 0.4) is 0 Å². The number of rotatable bonds is 6. The first-order chi connectivity index (χ1) is 12.3. The number of carbonyl (C=O) groups is 1. The van der Waals surface area contributed by atoms with Crippen LogP contribution in [-0.4, -0.2) is 26.9 Å². The lowest BCUT2D eigenvalue weighted by atomic mass is 10.2. The molecule has 2 aromatic rings. The molecule has 26 heavy (non-hydrogen) atoms. The first-order valence-corrected chi connectivity index (χ1v) is 10.2. The molecule has 0 spiro atoms. The number of carbonyl (C=O) groups excluding carboxylic acids is 1. The summed E-state index contributed by atoms with van der Waals surface area (Å²) >= 11 is 6.18. The van der Waals surface area contributed by atoms with Crippen molar-refractivity contribution in [1.82, 2.24) is 5.32 Å². The number of halogens is 1. The highest BCUT2D eigenvalue weighted by atomic mass is 35.5. The standard InChI is InChI=1S/C19H21ClN2O3S/c1-13-6-10-16(11-7-13)26(24,25)22(12-19(23)21-15-8-9-15)18-5-3-4-17(20)14(18)2/h3-7,10-11,15H,8-9,12H2,1-2H3,(H,21,23). The Labute approximate surface area is 159 Å². The number of hydrogen-bond donors (Lipinski definition) is 1. The quantitative estimate of drug-likeness (QED) is 0.818. The highest BCUT2D eigenvalue weighted by Crippen LogP contribution is 2.31. The zero-order valence-corrected chi connectivity index (χ0v) is 16.3. The maximum Gasteiger partial charge on any atom is 0.264 e. The molecule has 0 saturated heterocycles. The van der Waals surface area contributed by atoms with Gasteiger partial charge in [-0.2, -0.15) is 0 Å². The summed E-state index contributed by atoms with van der Waals surface area (Å²) in [6, 6.07) is 11.8. The van der Waals surface area contributed by atoms with Gasteiger partial charge in [0.2, 0.25) is 5.91 Å². The lowest BCUT2D eigenvalue weighted by Crippen LogP contribution is -2.41. The van der Waals surface area contributed by atoms with E-state index in [-0.39, 0.29) is 23.4 Å². The van der Waals surface area contributed by atoms with Crippen LogP contribution in [0.4, 0.5) is 5.69 Å². The van der Waals surface area contributed by atoms with E-state index in [0.717, 1.165) is 22.7 Å². The van der Waals surface area contributed by atoms with Crippen LogP contribution in [0, 0.1) is 13.8 Å². The number of amides is 1. The van der Waals surface area contributed by atoms with E-state index < -0.39 is 10.0 Å². The Hall–Kier alpha value is -2.05. The Morgan fingerprint density at radius 2 is 1.81 bits per heavy atom. The molecule has 1 N–H and O–H groups in total. The summed E-state index contributed by atoms with van der Waals surface area (Å²) < 4.78 is 27.6. The van der Waals surface area contributed by atoms with E-state index in [2.05, 4.69) is 5.32 Å². The smallest absolute Gasteiger partial charge is 0.264 e. The Kier molecular flexibility index (Phi) is 5.25. The van der Waals surface area contributed by atoms with Gasteiger partial charge in [-0.25, -0.2) is 8.42 Å². The molecule has 1 aliphatic rings. The van der Waals surface area contributed by atoms with Gasteiger partial charge in [0, 0.05) is 11.1 Å². The SMILES string of the molecule is Cc1ccc(S(=O)(=O)N(CC(=O)NC2CC2)c2cccc(Cl)c2C)cc1. The second-order valence-corrected chi connectivity index (χ2v) is 8.82. The van der Waals surface area contributed by atoms with Gasteiger partial charge in [0.1, 0.15) is 6.54 Å². The molecule has 1 amide bonds. The molecule has 2 aromatic carbocycles. The minimum Gasteiger partial charge on any atom is -0.352 e. The van der Waals surface area contributed by atoms with E-state index in [9.17, 15) is 13.2 Å². The average Bonchev–Trinajstić information content (AvgIpc) is 3.40. The van der Waals surface area contributed by atoms with Gasteiger partial charge >= 0.3 is 0 Å². The summed E-state index contributed by atoms with van der Waals surface area (Å²) in [6.07, 6.45) is 1.87. The largest absolute Gasteiger partial charge is 0.352 e. The summed E-state index contributed by atoms with van der Waals surface area (Å²) in [5.74, 6) is -0.317. The fourth-order valence-corrected chi connectivity index (χ4v) is 4.28. The molecule has 0 atom stereocenters. The van der Waals surface area contributed by atoms with Crippen molar-refractivity contribution >= 4 is 33.2 Å². The van der Waals surface area contributed by atoms with Gasteiger partial charge in [0.25, 0.3) is 10.0 Å². The molecule has 0 heterocycles. The molecule has 1 aliphatic carbocycles. The Morgan fingerprint density at radius 1 is 1.15 bits per heavy atom. The van der Waals surface area contributed by atoms with Crippen molar-refractivity contribution in [2.24, 2.45) is 0 Å². The Bertz CT molecular complexity index is 922. The molecule has 1 saturated carbocycles. The van der Waals surface area contributed by atoms with Gasteiger partial charge in [-0.15, -0.1) is 0 Å². The van der Waals surface area contributed by atoms with Crippen LogP contribution in [0.1, 0.15) is 24.0 Å². The van der Waals surface area contributed by atoms with Crippen LogP contribution in [0.5, 0.6) is 0 Å². The Morgan fingerprint density at radius 3 is 2.42 bits per heavy atom. The van der Waals surface area contributed by atoms with Crippen molar-refractivity contribution < 1.29 is 13.2 Å². The van der Waals surface area contributed by atoms with Crippen LogP contribution in [0.15, 0.2) is 47.4 Å². The number of nitrogens with zero attached hydrogens (tertiary/aromatic N) is 1. The number of benzene rings is 2. The van der Waals surface area contributed by atoms with Crippen molar-refractivity contribution in [3.63, 3.8) is 0 Å². The molecule has 7 heteroatoms. The van der Waals surface area contributed by atoms with Crippen LogP contribution in [-0.2, 0) is 14.8 Å². The third-order valence-corrected chi connectivity index (χ3v) is 6.53. The van der Waals surface area contributed by atoms with E-state index in [1.807, 2.05) is 6.92 Å². The molecule has 3 rings (SSSR count). The summed E-state index contributed by atoms with van der Waals surface area (Å²) in [5.41, 5.74) is 1.98. The van der Waals surface area contributed by atoms with Crippen molar-refractivity contribution in [2.45, 2.75) is 37.6 Å². The monoisotopic (exact) mass is 392 g/mol. The minimum absolute atomic E-state index is 0.140. The lowest BCUT2D eigenvalue weighted by molar-refractivity contribution is -0.119. The average molecular weight is 393 g/mol. The maximum absolute atomic E-state index is 13.2. The van der Waals surface area contributed by atoms with E-state index in [0.29, 0.717) is 16.3 Å². The zero-order valence-electron chi connectivity index (χ0n) is 14.7. The van der Waals surface area contributed by atoms with Crippen molar-refractivity contribution in [3.05, 3.63) is 58.6 Å². The molecule has 138 valence electrons. The first kappa shape index (κ1) is 18.7. The first-order valence-electron chi connectivity index (χ1n) is 8.43. The van der Waals surface area contributed by atoms with E-state index in [1.54, 1.807) is 49.4 Å². The third-order valence-electron chi connectivity index (χ3n) is 4.35. The molecular weight excluding hydrogens is 372 g/mol. The van der Waals surface area contributed by atoms with Gasteiger partial charge in [-0.1, -0.05) is 35.4 Å². The molecule has 0 aliphatic heterocycles. The van der Waals surface area contributed by atoms with E-state index in [4.69, 9.17) is 11.6 Å². The summed E-state index contributed by atoms with van der Waals surface area (Å²) in [4.78, 5) is 12.5. The van der Waals surface area contributed by atoms with Gasteiger partial charge in [0.15, 0.2) is 0 Å². The highest BCUT2D eigenvalue weighted by molar-refractivity contribution is 7.92. The fourth-order valence-electron chi connectivity index (χ4n) is 2.63. The van der Waals surface area contributed by atoms with Crippen LogP contribution >= 0.6 is 11.6 Å². The lowest BCUT2D eigenvalue weighted by Gasteiger charge is -2.26. The Balaban J connectivity index is 2.02. The summed E-state index contributed by atoms with van der Waals surface area (Å²) in [5, 5.41) is 3.30. The van der Waals surface area contributed by atoms with Gasteiger partial charge in [-0.3, -0.25) is 9.10 Å².